The summed E-state index contributed by atoms with van der Waals surface area (Å²) in [5, 5.41) is 6.65. The second-order valence-corrected chi connectivity index (χ2v) is 8.90. The molecule has 9 heteroatoms. The SMILES string of the molecule is COC(=O)c1ccc(Cc2nccc3c(NC(=O)c4csc5c(N)ncnc45)c(C)ccc23)cc1. The van der Waals surface area contributed by atoms with Crippen LogP contribution in [0.2, 0.25) is 0 Å². The van der Waals surface area contributed by atoms with E-state index in [4.69, 9.17) is 10.5 Å². The summed E-state index contributed by atoms with van der Waals surface area (Å²) < 4.78 is 5.46. The number of fused-ring (bicyclic) bond motifs is 2. The molecule has 8 nitrogen and oxygen atoms in total. The zero-order valence-corrected chi connectivity index (χ0v) is 19.8. The molecular weight excluding hydrogens is 462 g/mol. The van der Waals surface area contributed by atoms with Gasteiger partial charge in [0.05, 0.1) is 39.8 Å². The van der Waals surface area contributed by atoms with Gasteiger partial charge in [0.15, 0.2) is 0 Å². The Hall–Kier alpha value is -4.37. The van der Waals surface area contributed by atoms with Crippen molar-refractivity contribution in [3.63, 3.8) is 0 Å². The normalized spacial score (nSPS) is 11.0. The van der Waals surface area contributed by atoms with E-state index in [0.717, 1.165) is 33.3 Å². The van der Waals surface area contributed by atoms with E-state index >= 15 is 0 Å². The third kappa shape index (κ3) is 4.17. The minimum Gasteiger partial charge on any atom is -0.465 e. The zero-order chi connectivity index (χ0) is 24.5. The number of rotatable bonds is 5. The Labute approximate surface area is 204 Å². The summed E-state index contributed by atoms with van der Waals surface area (Å²) in [6.45, 7) is 1.95. The maximum atomic E-state index is 13.2. The predicted octanol–water partition coefficient (Wildman–Crippen LogP) is 4.76. The van der Waals surface area contributed by atoms with E-state index in [2.05, 4.69) is 20.3 Å². The number of ether oxygens (including phenoxy) is 1. The van der Waals surface area contributed by atoms with Gasteiger partial charge in [-0.2, -0.15) is 0 Å². The van der Waals surface area contributed by atoms with Crippen molar-refractivity contribution in [1.29, 1.82) is 0 Å². The fraction of sp³-hybridized carbons (Fsp3) is 0.115. The van der Waals surface area contributed by atoms with Crippen molar-refractivity contribution >= 4 is 55.7 Å². The number of carbonyl (C=O) groups excluding carboxylic acids is 2. The van der Waals surface area contributed by atoms with E-state index in [0.29, 0.717) is 33.6 Å². The number of methoxy groups -OCH3 is 1. The molecule has 0 bridgehead atoms. The molecule has 0 fully saturated rings. The predicted molar refractivity (Wildman–Crippen MR) is 137 cm³/mol. The summed E-state index contributed by atoms with van der Waals surface area (Å²) in [5.74, 6) is -0.277. The van der Waals surface area contributed by atoms with Crippen molar-refractivity contribution < 1.29 is 14.3 Å². The van der Waals surface area contributed by atoms with Gasteiger partial charge in [-0.05, 0) is 36.2 Å². The van der Waals surface area contributed by atoms with E-state index in [9.17, 15) is 9.59 Å². The van der Waals surface area contributed by atoms with Gasteiger partial charge in [-0.25, -0.2) is 14.8 Å². The van der Waals surface area contributed by atoms with Crippen molar-refractivity contribution in [3.8, 4) is 0 Å². The smallest absolute Gasteiger partial charge is 0.337 e. The third-order valence-corrected chi connectivity index (χ3v) is 6.84. The van der Waals surface area contributed by atoms with Crippen molar-refractivity contribution in [2.24, 2.45) is 0 Å². The second-order valence-electron chi connectivity index (χ2n) is 8.02. The molecule has 0 spiro atoms. The van der Waals surface area contributed by atoms with E-state index in [1.807, 2.05) is 37.3 Å². The number of aromatic nitrogens is 3. The summed E-state index contributed by atoms with van der Waals surface area (Å²) in [6.07, 6.45) is 3.67. The average molecular weight is 484 g/mol. The summed E-state index contributed by atoms with van der Waals surface area (Å²) >= 11 is 1.35. The Bertz CT molecular complexity index is 1590. The quantitative estimate of drug-likeness (QED) is 0.346. The van der Waals surface area contributed by atoms with Crippen LogP contribution in [0.15, 0.2) is 60.4 Å². The number of nitrogen functional groups attached to an aromatic ring is 1. The first-order valence-electron chi connectivity index (χ1n) is 10.8. The van der Waals surface area contributed by atoms with Gasteiger partial charge in [0.25, 0.3) is 5.91 Å². The van der Waals surface area contributed by atoms with Gasteiger partial charge >= 0.3 is 5.97 Å². The molecule has 0 atom stereocenters. The van der Waals surface area contributed by atoms with Crippen molar-refractivity contribution in [1.82, 2.24) is 15.0 Å². The zero-order valence-electron chi connectivity index (χ0n) is 19.0. The molecule has 0 radical (unpaired) electrons. The third-order valence-electron chi connectivity index (χ3n) is 5.85. The van der Waals surface area contributed by atoms with Crippen LogP contribution in [-0.4, -0.2) is 33.9 Å². The van der Waals surface area contributed by atoms with Crippen LogP contribution >= 0.6 is 11.3 Å². The summed E-state index contributed by atoms with van der Waals surface area (Å²) in [7, 11) is 1.36. The molecule has 0 unspecified atom stereocenters. The lowest BCUT2D eigenvalue weighted by molar-refractivity contribution is 0.0600. The largest absolute Gasteiger partial charge is 0.465 e. The molecule has 0 aliphatic heterocycles. The topological polar surface area (TPSA) is 120 Å². The number of benzene rings is 2. The number of esters is 1. The lowest BCUT2D eigenvalue weighted by Crippen LogP contribution is -2.13. The van der Waals surface area contributed by atoms with Crippen LogP contribution < -0.4 is 11.1 Å². The Kier molecular flexibility index (Phi) is 5.84. The molecule has 0 saturated heterocycles. The molecule has 35 heavy (non-hydrogen) atoms. The highest BCUT2D eigenvalue weighted by atomic mass is 32.1. The summed E-state index contributed by atoms with van der Waals surface area (Å²) in [6, 6.07) is 13.1. The molecule has 3 heterocycles. The van der Waals surface area contributed by atoms with Crippen LogP contribution in [0.3, 0.4) is 0 Å². The van der Waals surface area contributed by atoms with Crippen molar-refractivity contribution in [2.45, 2.75) is 13.3 Å². The van der Waals surface area contributed by atoms with Gasteiger partial charge in [0.1, 0.15) is 12.1 Å². The monoisotopic (exact) mass is 483 g/mol. The van der Waals surface area contributed by atoms with Gasteiger partial charge in [0.2, 0.25) is 0 Å². The van der Waals surface area contributed by atoms with E-state index in [1.165, 1.54) is 24.8 Å². The highest BCUT2D eigenvalue weighted by molar-refractivity contribution is 7.18. The average Bonchev–Trinajstić information content (AvgIpc) is 3.31. The Balaban J connectivity index is 1.48. The van der Waals surface area contributed by atoms with Crippen LogP contribution in [0.5, 0.6) is 0 Å². The lowest BCUT2D eigenvalue weighted by Gasteiger charge is -2.14. The minimum absolute atomic E-state index is 0.262. The molecule has 174 valence electrons. The summed E-state index contributed by atoms with van der Waals surface area (Å²) in [5.41, 5.74) is 10.9. The molecule has 5 aromatic rings. The van der Waals surface area contributed by atoms with Crippen LogP contribution in [0.1, 0.15) is 37.5 Å². The van der Waals surface area contributed by atoms with E-state index < -0.39 is 0 Å². The number of amides is 1. The Morgan fingerprint density at radius 3 is 2.60 bits per heavy atom. The molecule has 3 N–H and O–H groups in total. The maximum absolute atomic E-state index is 13.2. The van der Waals surface area contributed by atoms with Crippen LogP contribution in [0.4, 0.5) is 11.5 Å². The highest BCUT2D eigenvalue weighted by Gasteiger charge is 2.18. The van der Waals surface area contributed by atoms with Crippen molar-refractivity contribution in [2.75, 3.05) is 18.2 Å². The highest BCUT2D eigenvalue weighted by Crippen LogP contribution is 2.32. The number of hydrogen-bond acceptors (Lipinski definition) is 8. The number of anilines is 2. The number of hydrogen-bond donors (Lipinski definition) is 2. The number of pyridine rings is 1. The number of nitrogens with one attached hydrogen (secondary N) is 1. The first kappa shape index (κ1) is 22.4. The molecular formula is C26H21N5O3S. The van der Waals surface area contributed by atoms with E-state index in [-0.39, 0.29) is 11.9 Å². The van der Waals surface area contributed by atoms with Gasteiger partial charge in [-0.3, -0.25) is 9.78 Å². The minimum atomic E-state index is -0.372. The Morgan fingerprint density at radius 2 is 1.83 bits per heavy atom. The van der Waals surface area contributed by atoms with Gasteiger partial charge < -0.3 is 15.8 Å². The maximum Gasteiger partial charge on any atom is 0.337 e. The van der Waals surface area contributed by atoms with Crippen LogP contribution in [0, 0.1) is 6.92 Å². The fourth-order valence-corrected chi connectivity index (χ4v) is 4.91. The van der Waals surface area contributed by atoms with Gasteiger partial charge in [-0.1, -0.05) is 24.3 Å². The standard InChI is InChI=1S/C26H21N5O3S/c1-14-3-8-17-18(9-10-28-20(17)11-15-4-6-16(7-5-15)26(33)34-2)21(14)31-25(32)19-12-35-23-22(19)29-13-30-24(23)27/h3-10,12-13H,11H2,1-2H3,(H,31,32)(H2,27,29,30). The first-order valence-corrected chi connectivity index (χ1v) is 11.7. The number of nitrogens with zero attached hydrogens (tertiary/aromatic N) is 3. The molecule has 0 saturated carbocycles. The van der Waals surface area contributed by atoms with Crippen LogP contribution in [-0.2, 0) is 11.2 Å². The first-order chi connectivity index (χ1) is 17.0. The number of thiophene rings is 1. The van der Waals surface area contributed by atoms with Gasteiger partial charge in [0, 0.05) is 28.8 Å². The second kappa shape index (κ2) is 9.11. The van der Waals surface area contributed by atoms with Crippen LogP contribution in [0.25, 0.3) is 21.0 Å². The molecule has 1 amide bonds. The van der Waals surface area contributed by atoms with Gasteiger partial charge in [-0.15, -0.1) is 11.3 Å². The molecule has 3 aromatic heterocycles. The fourth-order valence-electron chi connectivity index (χ4n) is 4.01. The number of aryl methyl sites for hydroxylation is 1. The van der Waals surface area contributed by atoms with Crippen molar-refractivity contribution in [3.05, 3.63) is 88.3 Å². The molecule has 2 aromatic carbocycles. The Morgan fingerprint density at radius 1 is 1.03 bits per heavy atom. The molecule has 0 aliphatic carbocycles. The molecule has 5 rings (SSSR count). The molecule has 0 aliphatic rings. The number of carbonyl (C=O) groups is 2. The number of nitrogens with two attached hydrogens (primary N) is 1. The van der Waals surface area contributed by atoms with E-state index in [1.54, 1.807) is 23.7 Å². The lowest BCUT2D eigenvalue weighted by atomic mass is 9.99. The summed E-state index contributed by atoms with van der Waals surface area (Å²) in [4.78, 5) is 37.8.